The normalized spacial score (nSPS) is 36.3. The van der Waals surface area contributed by atoms with E-state index in [4.69, 9.17) is 10.5 Å². The lowest BCUT2D eigenvalue weighted by atomic mass is 9.94. The molecule has 1 heterocycles. The van der Waals surface area contributed by atoms with Crippen molar-refractivity contribution >= 4 is 18.3 Å². The molecule has 0 spiro atoms. The van der Waals surface area contributed by atoms with Crippen LogP contribution in [0.4, 0.5) is 0 Å². The lowest BCUT2D eigenvalue weighted by molar-refractivity contribution is -0.148. The van der Waals surface area contributed by atoms with Crippen molar-refractivity contribution in [3.63, 3.8) is 0 Å². The van der Waals surface area contributed by atoms with Crippen molar-refractivity contribution < 1.29 is 9.53 Å². The van der Waals surface area contributed by atoms with Gasteiger partial charge in [0.05, 0.1) is 18.8 Å². The summed E-state index contributed by atoms with van der Waals surface area (Å²) in [5.74, 6) is 0.862. The Morgan fingerprint density at radius 1 is 1.39 bits per heavy atom. The summed E-state index contributed by atoms with van der Waals surface area (Å²) in [5.41, 5.74) is 5.76. The molecule has 4 atom stereocenters. The van der Waals surface area contributed by atoms with Crippen LogP contribution in [0.1, 0.15) is 33.1 Å². The Kier molecular flexibility index (Phi) is 5.89. The number of hydrogen-bond donors (Lipinski definition) is 1. The maximum atomic E-state index is 12.5. The minimum absolute atomic E-state index is 0. The van der Waals surface area contributed by atoms with Crippen LogP contribution in [-0.2, 0) is 9.53 Å². The highest BCUT2D eigenvalue weighted by molar-refractivity contribution is 5.85. The zero-order valence-corrected chi connectivity index (χ0v) is 12.1. The summed E-state index contributed by atoms with van der Waals surface area (Å²) in [6, 6.07) is 0.206. The van der Waals surface area contributed by atoms with Gasteiger partial charge in [-0.25, -0.2) is 0 Å². The van der Waals surface area contributed by atoms with Crippen molar-refractivity contribution in [3.8, 4) is 0 Å². The first-order chi connectivity index (χ1) is 8.13. The molecule has 2 N–H and O–H groups in total. The molecule has 106 valence electrons. The summed E-state index contributed by atoms with van der Waals surface area (Å²) in [6.07, 6.45) is 3.43. The fourth-order valence-electron chi connectivity index (χ4n) is 3.07. The van der Waals surface area contributed by atoms with Crippen LogP contribution in [0.2, 0.25) is 0 Å². The molecule has 1 saturated heterocycles. The zero-order valence-electron chi connectivity index (χ0n) is 11.3. The van der Waals surface area contributed by atoms with Crippen molar-refractivity contribution in [2.24, 2.45) is 17.6 Å². The first-order valence-corrected chi connectivity index (χ1v) is 6.75. The number of halogens is 1. The van der Waals surface area contributed by atoms with E-state index in [1.54, 1.807) is 0 Å². The second kappa shape index (κ2) is 6.73. The molecule has 0 radical (unpaired) electrons. The molecule has 4 nitrogen and oxygen atoms in total. The average Bonchev–Trinajstić information content (AvgIpc) is 2.79. The van der Waals surface area contributed by atoms with Crippen molar-refractivity contribution in [3.05, 3.63) is 0 Å². The maximum absolute atomic E-state index is 12.5. The van der Waals surface area contributed by atoms with Crippen molar-refractivity contribution in [1.82, 2.24) is 4.90 Å². The van der Waals surface area contributed by atoms with Gasteiger partial charge in [0.1, 0.15) is 0 Å². The van der Waals surface area contributed by atoms with Crippen LogP contribution < -0.4 is 5.73 Å². The minimum Gasteiger partial charge on any atom is -0.375 e. The molecule has 18 heavy (non-hydrogen) atoms. The second-order valence-electron chi connectivity index (χ2n) is 5.52. The van der Waals surface area contributed by atoms with Crippen LogP contribution >= 0.6 is 12.4 Å². The van der Waals surface area contributed by atoms with Crippen LogP contribution in [0.15, 0.2) is 0 Å². The number of hydrogen-bond acceptors (Lipinski definition) is 3. The highest BCUT2D eigenvalue weighted by atomic mass is 35.5. The molecule has 2 aliphatic rings. The molecule has 1 aliphatic heterocycles. The predicted octanol–water partition coefficient (Wildman–Crippen LogP) is 1.42. The highest BCUT2D eigenvalue weighted by Crippen LogP contribution is 2.33. The van der Waals surface area contributed by atoms with Crippen LogP contribution in [0.3, 0.4) is 0 Å². The number of nitrogens with zero attached hydrogens (tertiary/aromatic N) is 1. The van der Waals surface area contributed by atoms with Crippen molar-refractivity contribution in [2.45, 2.75) is 45.3 Å². The Balaban J connectivity index is 0.00000162. The van der Waals surface area contributed by atoms with Gasteiger partial charge in [0.2, 0.25) is 5.91 Å². The molecule has 0 bridgehead atoms. The molecule has 1 amide bonds. The minimum atomic E-state index is 0. The van der Waals surface area contributed by atoms with E-state index in [9.17, 15) is 4.79 Å². The van der Waals surface area contributed by atoms with Gasteiger partial charge in [-0.05, 0) is 39.2 Å². The second-order valence-corrected chi connectivity index (χ2v) is 5.52. The van der Waals surface area contributed by atoms with Gasteiger partial charge in [0, 0.05) is 12.5 Å². The van der Waals surface area contributed by atoms with Crippen LogP contribution in [0, 0.1) is 11.8 Å². The third-order valence-corrected chi connectivity index (χ3v) is 4.17. The molecule has 0 aromatic rings. The molecule has 5 heteroatoms. The van der Waals surface area contributed by atoms with Gasteiger partial charge in [-0.2, -0.15) is 0 Å². The van der Waals surface area contributed by atoms with E-state index in [0.717, 1.165) is 25.8 Å². The van der Waals surface area contributed by atoms with Gasteiger partial charge in [-0.15, -0.1) is 12.4 Å². The van der Waals surface area contributed by atoms with Gasteiger partial charge in [-0.1, -0.05) is 6.42 Å². The van der Waals surface area contributed by atoms with Crippen LogP contribution in [0.25, 0.3) is 0 Å². The van der Waals surface area contributed by atoms with E-state index >= 15 is 0 Å². The first-order valence-electron chi connectivity index (χ1n) is 6.75. The van der Waals surface area contributed by atoms with Crippen LogP contribution in [0.5, 0.6) is 0 Å². The van der Waals surface area contributed by atoms with Crippen molar-refractivity contribution in [2.75, 3.05) is 19.7 Å². The number of amides is 1. The fourth-order valence-corrected chi connectivity index (χ4v) is 3.07. The SMILES string of the molecule is CC1CN(C(=O)[C@@H]2CCC[C@@H]2CN)C(C)CO1.Cl. The van der Waals surface area contributed by atoms with Gasteiger partial charge < -0.3 is 15.4 Å². The summed E-state index contributed by atoms with van der Waals surface area (Å²) in [5, 5.41) is 0. The van der Waals surface area contributed by atoms with E-state index in [-0.39, 0.29) is 30.5 Å². The van der Waals surface area contributed by atoms with E-state index < -0.39 is 0 Å². The number of morpholine rings is 1. The summed E-state index contributed by atoms with van der Waals surface area (Å²) >= 11 is 0. The molecular formula is C13H25ClN2O2. The molecule has 1 saturated carbocycles. The Morgan fingerprint density at radius 2 is 2.11 bits per heavy atom. The van der Waals surface area contributed by atoms with Gasteiger partial charge >= 0.3 is 0 Å². The number of ether oxygens (including phenoxy) is 1. The van der Waals surface area contributed by atoms with E-state index in [1.807, 2.05) is 11.8 Å². The smallest absolute Gasteiger partial charge is 0.226 e. The Hall–Kier alpha value is -0.320. The largest absolute Gasteiger partial charge is 0.375 e. The van der Waals surface area contributed by atoms with Crippen molar-refractivity contribution in [1.29, 1.82) is 0 Å². The number of nitrogens with two attached hydrogens (primary N) is 1. The Bertz CT molecular complexity index is 288. The Morgan fingerprint density at radius 3 is 2.78 bits per heavy atom. The molecule has 0 aromatic carbocycles. The molecule has 2 fully saturated rings. The summed E-state index contributed by atoms with van der Waals surface area (Å²) < 4.78 is 5.57. The zero-order chi connectivity index (χ0) is 12.4. The number of carbonyl (C=O) groups excluding carboxylic acids is 1. The standard InChI is InChI=1S/C13H24N2O2.ClH/c1-9-8-17-10(2)7-15(9)13(16)12-5-3-4-11(12)6-14;/h9-12H,3-8,14H2,1-2H3;1H/t9?,10?,11-,12-;/m1./s1. The van der Waals surface area contributed by atoms with Gasteiger partial charge in [0.15, 0.2) is 0 Å². The highest BCUT2D eigenvalue weighted by Gasteiger charge is 2.37. The molecular weight excluding hydrogens is 252 g/mol. The van der Waals surface area contributed by atoms with E-state index in [2.05, 4.69) is 6.92 Å². The number of rotatable bonds is 2. The number of carbonyl (C=O) groups is 1. The predicted molar refractivity (Wildman–Crippen MR) is 73.7 cm³/mol. The lowest BCUT2D eigenvalue weighted by Gasteiger charge is -2.39. The van der Waals surface area contributed by atoms with Crippen LogP contribution in [-0.4, -0.2) is 42.6 Å². The molecule has 2 rings (SSSR count). The van der Waals surface area contributed by atoms with Gasteiger partial charge in [0.25, 0.3) is 0 Å². The molecule has 2 unspecified atom stereocenters. The topological polar surface area (TPSA) is 55.6 Å². The quantitative estimate of drug-likeness (QED) is 0.830. The first kappa shape index (κ1) is 15.7. The third-order valence-electron chi connectivity index (χ3n) is 4.17. The molecule has 0 aromatic heterocycles. The molecule has 1 aliphatic carbocycles. The lowest BCUT2D eigenvalue weighted by Crippen LogP contribution is -2.52. The summed E-state index contributed by atoms with van der Waals surface area (Å²) in [6.45, 7) is 6.13. The monoisotopic (exact) mass is 276 g/mol. The van der Waals surface area contributed by atoms with E-state index in [1.165, 1.54) is 0 Å². The summed E-state index contributed by atoms with van der Waals surface area (Å²) in [7, 11) is 0. The van der Waals surface area contributed by atoms with E-state index in [0.29, 0.717) is 25.0 Å². The average molecular weight is 277 g/mol. The Labute approximate surface area is 116 Å². The third kappa shape index (κ3) is 3.16. The van der Waals surface area contributed by atoms with Gasteiger partial charge in [-0.3, -0.25) is 4.79 Å². The maximum Gasteiger partial charge on any atom is 0.226 e. The summed E-state index contributed by atoms with van der Waals surface area (Å²) in [4.78, 5) is 14.5. The fraction of sp³-hybridized carbons (Fsp3) is 0.923.